The topological polar surface area (TPSA) is 158 Å². The Balaban J connectivity index is 0.00000583. The minimum atomic E-state index is -0.310. The molecule has 0 amide bonds. The first kappa shape index (κ1) is 38.6. The average molecular weight is 730 g/mol. The Morgan fingerprint density at radius 1 is 0.745 bits per heavy atom. The molecule has 266 valence electrons. The van der Waals surface area contributed by atoms with Crippen molar-refractivity contribution in [1.29, 1.82) is 10.5 Å². The van der Waals surface area contributed by atoms with Crippen molar-refractivity contribution in [3.05, 3.63) is 74.4 Å². The predicted octanol–water partition coefficient (Wildman–Crippen LogP) is 8.25. The van der Waals surface area contributed by atoms with Gasteiger partial charge in [0.25, 0.3) is 0 Å². The molecule has 2 N–H and O–H groups in total. The van der Waals surface area contributed by atoms with Gasteiger partial charge in [0.15, 0.2) is 0 Å². The molecule has 0 spiro atoms. The third-order valence-electron chi connectivity index (χ3n) is 9.82. The smallest absolute Gasteiger partial charge is 0.305 e. The third kappa shape index (κ3) is 7.45. The number of fused-ring (bicyclic) bond motifs is 8. The molecule has 3 aromatic heterocycles. The van der Waals surface area contributed by atoms with Gasteiger partial charge in [-0.1, -0.05) is 13.8 Å². The van der Waals surface area contributed by atoms with Gasteiger partial charge in [-0.25, -0.2) is 9.97 Å². The van der Waals surface area contributed by atoms with Gasteiger partial charge >= 0.3 is 11.9 Å². The number of aromatic nitrogens is 4. The van der Waals surface area contributed by atoms with Crippen LogP contribution in [0.25, 0.3) is 50.4 Å². The Kier molecular flexibility index (Phi) is 12.2. The zero-order chi connectivity index (χ0) is 36.3. The average Bonchev–Trinajstić information content (AvgIpc) is 3.79. The van der Waals surface area contributed by atoms with Crippen LogP contribution in [0, 0.1) is 36.5 Å². The predicted molar refractivity (Wildman–Crippen MR) is 196 cm³/mol. The molecular weight excluding hydrogens is 687 g/mol. The minimum Gasteiger partial charge on any atom is -0.469 e. The van der Waals surface area contributed by atoms with Crippen LogP contribution in [0.2, 0.25) is 0 Å². The number of nitrogens with zero attached hydrogens (tertiary/aromatic N) is 4. The number of aromatic amines is 2. The molecule has 5 heterocycles. The molecule has 0 unspecified atom stereocenters. The minimum absolute atomic E-state index is 0. The molecule has 2 aliphatic heterocycles. The molecule has 2 aliphatic rings. The molecule has 0 saturated carbocycles. The number of allylic oxidation sites excluding steroid dienone is 5. The molecule has 8 bridgehead atoms. The second-order valence-corrected chi connectivity index (χ2v) is 12.5. The van der Waals surface area contributed by atoms with Crippen LogP contribution in [0.5, 0.6) is 0 Å². The van der Waals surface area contributed by atoms with Gasteiger partial charge in [0, 0.05) is 51.4 Å². The van der Waals surface area contributed by atoms with E-state index in [2.05, 4.69) is 29.9 Å². The van der Waals surface area contributed by atoms with E-state index in [1.54, 1.807) is 6.08 Å². The number of methoxy groups -OCH3 is 2. The van der Waals surface area contributed by atoms with Crippen molar-refractivity contribution in [1.82, 2.24) is 19.9 Å². The Hall–Kier alpha value is -5.25. The largest absolute Gasteiger partial charge is 0.469 e. The zero-order valence-corrected chi connectivity index (χ0v) is 31.3. The van der Waals surface area contributed by atoms with Crippen molar-refractivity contribution in [2.45, 2.75) is 80.1 Å². The number of carbonyl (C=O) groups is 2. The van der Waals surface area contributed by atoms with Gasteiger partial charge < -0.3 is 19.4 Å². The number of carbonyl (C=O) groups excluding carboxylic acids is 2. The van der Waals surface area contributed by atoms with Crippen molar-refractivity contribution in [2.75, 3.05) is 14.2 Å². The van der Waals surface area contributed by atoms with E-state index in [0.29, 0.717) is 36.2 Å². The van der Waals surface area contributed by atoms with Gasteiger partial charge in [-0.3, -0.25) is 9.59 Å². The standard InChI is InChI=1S/C40H42N6O4.Ni/c1-9-26-24(6)39-30(15-25(19-41)20-42)40-27(10-2)21(3)33(45-40)16-31-22(4)28(11-13-37(47)49-7)35(43-31)18-36-29(12-14-38(48)50-8)23(5)32(44-36)17-34(26)46-39;/h15-18,44,46H,9-14H2,1-8H3;. The van der Waals surface area contributed by atoms with Crippen LogP contribution in [0.3, 0.4) is 0 Å². The van der Waals surface area contributed by atoms with Gasteiger partial charge in [0.2, 0.25) is 0 Å². The van der Waals surface area contributed by atoms with E-state index in [1.807, 2.05) is 52.0 Å². The second-order valence-electron chi connectivity index (χ2n) is 12.5. The van der Waals surface area contributed by atoms with Crippen LogP contribution < -0.4 is 0 Å². The number of H-pyrrole nitrogens is 2. The summed E-state index contributed by atoms with van der Waals surface area (Å²) in [6.07, 6.45) is 4.32. The molecule has 0 atom stereocenters. The first-order valence-corrected chi connectivity index (χ1v) is 16.8. The Bertz CT molecular complexity index is 2260. The Morgan fingerprint density at radius 2 is 1.35 bits per heavy atom. The molecule has 10 nitrogen and oxygen atoms in total. The molecule has 0 fully saturated rings. The number of nitrogens with one attached hydrogen (secondary N) is 2. The number of nitriles is 2. The van der Waals surface area contributed by atoms with E-state index < -0.39 is 0 Å². The van der Waals surface area contributed by atoms with E-state index >= 15 is 0 Å². The second kappa shape index (κ2) is 16.2. The van der Waals surface area contributed by atoms with Crippen molar-refractivity contribution < 1.29 is 35.6 Å². The number of esters is 2. The van der Waals surface area contributed by atoms with Crippen LogP contribution >= 0.6 is 0 Å². The van der Waals surface area contributed by atoms with Gasteiger partial charge in [0.1, 0.15) is 17.7 Å². The normalized spacial score (nSPS) is 12.2. The first-order chi connectivity index (χ1) is 24.0. The SMILES string of the molecule is CCC1=C(C)c2cc3nc(cc4[nH]c(cc5[nH]c(c(C)c5CC)c(C=C(C#N)C#N)c1n2)c(C)c4CCC(=O)OC)C(CCC(=O)OC)=C3C.[Ni]. The summed E-state index contributed by atoms with van der Waals surface area (Å²) in [6, 6.07) is 10.1. The molecule has 0 saturated heterocycles. The Morgan fingerprint density at radius 3 is 1.96 bits per heavy atom. The summed E-state index contributed by atoms with van der Waals surface area (Å²) in [4.78, 5) is 42.1. The summed E-state index contributed by atoms with van der Waals surface area (Å²) < 4.78 is 9.94. The number of aryl methyl sites for hydroxylation is 4. The van der Waals surface area contributed by atoms with Gasteiger partial charge in [-0.2, -0.15) is 10.5 Å². The summed E-state index contributed by atoms with van der Waals surface area (Å²) in [5.74, 6) is -0.611. The monoisotopic (exact) mass is 728 g/mol. The number of hydrogen-bond donors (Lipinski definition) is 2. The summed E-state index contributed by atoms with van der Waals surface area (Å²) in [5, 5.41) is 19.7. The van der Waals surface area contributed by atoms with Crippen molar-refractivity contribution >= 4 is 62.4 Å². The Labute approximate surface area is 308 Å². The van der Waals surface area contributed by atoms with Crippen LogP contribution in [-0.2, 0) is 48.4 Å². The molecular formula is C40H42N6NiO4. The van der Waals surface area contributed by atoms with Crippen LogP contribution in [0.1, 0.15) is 104 Å². The summed E-state index contributed by atoms with van der Waals surface area (Å²) in [5.41, 5.74) is 14.8. The number of ether oxygens (including phenoxy) is 2. The van der Waals surface area contributed by atoms with E-state index in [-0.39, 0.29) is 46.8 Å². The van der Waals surface area contributed by atoms with E-state index in [9.17, 15) is 20.1 Å². The molecule has 5 rings (SSSR count). The third-order valence-corrected chi connectivity index (χ3v) is 9.82. The van der Waals surface area contributed by atoms with Gasteiger partial charge in [0.05, 0.1) is 42.5 Å². The zero-order valence-electron chi connectivity index (χ0n) is 30.3. The van der Waals surface area contributed by atoms with E-state index in [4.69, 9.17) is 19.4 Å². The molecule has 3 aromatic rings. The molecule has 51 heavy (non-hydrogen) atoms. The van der Waals surface area contributed by atoms with Crippen molar-refractivity contribution in [3.63, 3.8) is 0 Å². The van der Waals surface area contributed by atoms with Crippen LogP contribution in [-0.4, -0.2) is 46.1 Å². The fourth-order valence-electron chi connectivity index (χ4n) is 6.94. The summed E-state index contributed by atoms with van der Waals surface area (Å²) >= 11 is 0. The first-order valence-electron chi connectivity index (χ1n) is 16.8. The van der Waals surface area contributed by atoms with Gasteiger partial charge in [-0.05, 0) is 122 Å². The maximum absolute atomic E-state index is 12.3. The number of hydrogen-bond acceptors (Lipinski definition) is 8. The maximum atomic E-state index is 12.3. The van der Waals surface area contributed by atoms with Crippen molar-refractivity contribution in [3.8, 4) is 12.1 Å². The molecule has 0 radical (unpaired) electrons. The quantitative estimate of drug-likeness (QED) is 0.127. The van der Waals surface area contributed by atoms with Gasteiger partial charge in [-0.15, -0.1) is 0 Å². The summed E-state index contributed by atoms with van der Waals surface area (Å²) in [6.45, 7) is 12.3. The molecule has 0 aliphatic carbocycles. The molecule has 0 aromatic carbocycles. The molecule has 11 heteroatoms. The van der Waals surface area contributed by atoms with E-state index in [0.717, 1.165) is 84.4 Å². The van der Waals surface area contributed by atoms with Crippen LogP contribution in [0.4, 0.5) is 0 Å². The van der Waals surface area contributed by atoms with Crippen LogP contribution in [0.15, 0.2) is 23.8 Å². The van der Waals surface area contributed by atoms with Crippen molar-refractivity contribution in [2.24, 2.45) is 0 Å². The number of rotatable bonds is 9. The summed E-state index contributed by atoms with van der Waals surface area (Å²) in [7, 11) is 2.77. The fraction of sp³-hybridized carbons (Fsp3) is 0.350. The van der Waals surface area contributed by atoms with E-state index in [1.165, 1.54) is 14.2 Å². The fourth-order valence-corrected chi connectivity index (χ4v) is 6.94. The maximum Gasteiger partial charge on any atom is 0.305 e.